The number of rotatable bonds is 11. The highest BCUT2D eigenvalue weighted by Crippen LogP contribution is 2.61. The molecule has 0 heterocycles. The van der Waals surface area contributed by atoms with Gasteiger partial charge in [-0.15, -0.1) is 0 Å². The minimum Gasteiger partial charge on any atom is -0.493 e. The summed E-state index contributed by atoms with van der Waals surface area (Å²) < 4.78 is 6.04. The minimum atomic E-state index is -0.941. The number of carbonyl (C=O) groups is 1. The first-order chi connectivity index (χ1) is 18.1. The van der Waals surface area contributed by atoms with Crippen LogP contribution in [0.3, 0.4) is 0 Å². The van der Waals surface area contributed by atoms with E-state index in [0.717, 1.165) is 46.9 Å². The summed E-state index contributed by atoms with van der Waals surface area (Å²) in [6.45, 7) is 0.566. The Hall–Kier alpha value is -2.81. The van der Waals surface area contributed by atoms with Gasteiger partial charge >= 0.3 is 5.97 Å². The first kappa shape index (κ1) is 24.5. The molecule has 4 bridgehead atoms. The van der Waals surface area contributed by atoms with E-state index in [0.29, 0.717) is 23.3 Å². The largest absolute Gasteiger partial charge is 0.493 e. The van der Waals surface area contributed by atoms with Crippen molar-refractivity contribution in [3.63, 3.8) is 0 Å². The van der Waals surface area contributed by atoms with Crippen molar-refractivity contribution in [1.82, 2.24) is 0 Å². The topological polar surface area (TPSA) is 46.5 Å². The Morgan fingerprint density at radius 2 is 1.46 bits per heavy atom. The van der Waals surface area contributed by atoms with Gasteiger partial charge < -0.3 is 9.84 Å². The van der Waals surface area contributed by atoms with E-state index in [9.17, 15) is 9.90 Å². The summed E-state index contributed by atoms with van der Waals surface area (Å²) in [6.07, 6.45) is 16.7. The van der Waals surface area contributed by atoms with Crippen molar-refractivity contribution in [1.29, 1.82) is 0 Å². The van der Waals surface area contributed by atoms with Crippen LogP contribution in [0.4, 0.5) is 0 Å². The molecule has 0 spiro atoms. The normalized spacial score (nSPS) is 26.0. The molecule has 4 saturated carbocycles. The molecule has 4 aliphatic carbocycles. The number of ether oxygens (including phenoxy) is 1. The SMILES string of the molecule is O=C(O)c1c(OCCCCCCCC23CC4CC(CC(C4)C2)C3)cccc1-c1ccc2ccccc2c1. The third kappa shape index (κ3) is 5.28. The molecule has 4 fully saturated rings. The zero-order valence-electron chi connectivity index (χ0n) is 22.0. The van der Waals surface area contributed by atoms with E-state index in [-0.39, 0.29) is 5.56 Å². The van der Waals surface area contributed by atoms with E-state index < -0.39 is 5.97 Å². The Bertz CT molecular complexity index is 1220. The maximum atomic E-state index is 12.2. The highest BCUT2D eigenvalue weighted by atomic mass is 16.5. The van der Waals surface area contributed by atoms with Gasteiger partial charge in [-0.1, -0.05) is 74.2 Å². The molecule has 0 aliphatic heterocycles. The molecule has 0 atom stereocenters. The fourth-order valence-corrected chi connectivity index (χ4v) is 8.38. The maximum Gasteiger partial charge on any atom is 0.340 e. The van der Waals surface area contributed by atoms with Gasteiger partial charge in [-0.25, -0.2) is 4.79 Å². The van der Waals surface area contributed by atoms with Gasteiger partial charge in [-0.2, -0.15) is 0 Å². The quantitative estimate of drug-likeness (QED) is 0.269. The predicted octanol–water partition coefficient (Wildman–Crippen LogP) is 9.14. The van der Waals surface area contributed by atoms with Gasteiger partial charge in [-0.05, 0) is 109 Å². The van der Waals surface area contributed by atoms with Crippen molar-refractivity contribution in [3.05, 3.63) is 66.2 Å². The lowest BCUT2D eigenvalue weighted by Crippen LogP contribution is -2.45. The molecule has 3 aromatic rings. The number of carboxylic acid groups (broad SMARTS) is 1. The van der Waals surface area contributed by atoms with E-state index in [4.69, 9.17) is 4.74 Å². The Kier molecular flexibility index (Phi) is 6.97. The van der Waals surface area contributed by atoms with E-state index >= 15 is 0 Å². The van der Waals surface area contributed by atoms with E-state index in [1.165, 1.54) is 64.2 Å². The molecule has 3 nitrogen and oxygen atoms in total. The van der Waals surface area contributed by atoms with Crippen LogP contribution in [-0.2, 0) is 0 Å². The second-order valence-corrected chi connectivity index (χ2v) is 12.3. The molecule has 0 saturated heterocycles. The molecule has 1 N–H and O–H groups in total. The summed E-state index contributed by atoms with van der Waals surface area (Å²) in [5.41, 5.74) is 2.58. The number of benzene rings is 3. The number of fused-ring (bicyclic) bond motifs is 1. The highest BCUT2D eigenvalue weighted by molar-refractivity contribution is 6.00. The monoisotopic (exact) mass is 496 g/mol. The highest BCUT2D eigenvalue weighted by Gasteiger charge is 2.50. The third-order valence-corrected chi connectivity index (χ3v) is 9.57. The van der Waals surface area contributed by atoms with Crippen LogP contribution in [0.5, 0.6) is 5.75 Å². The van der Waals surface area contributed by atoms with Crippen LogP contribution in [0.25, 0.3) is 21.9 Å². The first-order valence-electron chi connectivity index (χ1n) is 14.6. The van der Waals surface area contributed by atoms with Crippen LogP contribution >= 0.6 is 0 Å². The summed E-state index contributed by atoms with van der Waals surface area (Å²) in [4.78, 5) is 12.2. The van der Waals surface area contributed by atoms with Crippen LogP contribution in [0, 0.1) is 23.2 Å². The van der Waals surface area contributed by atoms with E-state index in [1.807, 2.05) is 36.4 Å². The van der Waals surface area contributed by atoms with Crippen LogP contribution < -0.4 is 4.74 Å². The number of unbranched alkanes of at least 4 members (excludes halogenated alkanes) is 4. The second kappa shape index (κ2) is 10.5. The maximum absolute atomic E-state index is 12.2. The summed E-state index contributed by atoms with van der Waals surface area (Å²) in [5.74, 6) is 2.69. The van der Waals surface area contributed by atoms with Gasteiger partial charge in [0, 0.05) is 0 Å². The van der Waals surface area contributed by atoms with Crippen LogP contribution in [0.2, 0.25) is 0 Å². The van der Waals surface area contributed by atoms with Crippen LogP contribution in [-0.4, -0.2) is 17.7 Å². The van der Waals surface area contributed by atoms with E-state index in [2.05, 4.69) is 18.2 Å². The summed E-state index contributed by atoms with van der Waals surface area (Å²) in [5, 5.41) is 12.3. The predicted molar refractivity (Wildman–Crippen MR) is 150 cm³/mol. The van der Waals surface area contributed by atoms with Crippen molar-refractivity contribution in [2.75, 3.05) is 6.61 Å². The lowest BCUT2D eigenvalue weighted by molar-refractivity contribution is -0.0583. The average molecular weight is 497 g/mol. The number of hydrogen-bond donors (Lipinski definition) is 1. The summed E-state index contributed by atoms with van der Waals surface area (Å²) in [6, 6.07) is 19.8. The van der Waals surface area contributed by atoms with Gasteiger partial charge in [0.25, 0.3) is 0 Å². The van der Waals surface area contributed by atoms with Gasteiger partial charge in [0.1, 0.15) is 11.3 Å². The first-order valence-corrected chi connectivity index (χ1v) is 14.6. The van der Waals surface area contributed by atoms with Gasteiger partial charge in [0.05, 0.1) is 6.61 Å². The van der Waals surface area contributed by atoms with Crippen molar-refractivity contribution >= 4 is 16.7 Å². The zero-order valence-corrected chi connectivity index (χ0v) is 22.0. The molecule has 37 heavy (non-hydrogen) atoms. The van der Waals surface area contributed by atoms with Gasteiger partial charge in [-0.3, -0.25) is 0 Å². The Morgan fingerprint density at radius 3 is 2.19 bits per heavy atom. The third-order valence-electron chi connectivity index (χ3n) is 9.57. The average Bonchev–Trinajstić information content (AvgIpc) is 2.89. The van der Waals surface area contributed by atoms with Crippen LogP contribution in [0.15, 0.2) is 60.7 Å². The molecular weight excluding hydrogens is 456 g/mol. The standard InChI is InChI=1S/C34H40O3/c35-33(36)32-30(29-14-13-27-9-4-5-10-28(27)20-29)11-8-12-31(32)37-16-7-3-1-2-6-15-34-21-24-17-25(22-34)19-26(18-24)23-34/h4-5,8-14,20,24-26H,1-3,6-7,15-19,21-23H2,(H,35,36). The molecule has 7 rings (SSSR count). The molecule has 194 valence electrons. The lowest BCUT2D eigenvalue weighted by atomic mass is 9.48. The minimum absolute atomic E-state index is 0.258. The van der Waals surface area contributed by atoms with Gasteiger partial charge in [0.15, 0.2) is 0 Å². The number of hydrogen-bond acceptors (Lipinski definition) is 2. The molecule has 4 aliphatic rings. The fraction of sp³-hybridized carbons (Fsp3) is 0.500. The van der Waals surface area contributed by atoms with Gasteiger partial charge in [0.2, 0.25) is 0 Å². The number of aromatic carboxylic acids is 1. The molecule has 0 radical (unpaired) electrons. The lowest BCUT2D eigenvalue weighted by Gasteiger charge is -2.57. The van der Waals surface area contributed by atoms with Crippen molar-refractivity contribution in [2.24, 2.45) is 23.2 Å². The smallest absolute Gasteiger partial charge is 0.340 e. The van der Waals surface area contributed by atoms with Crippen molar-refractivity contribution in [2.45, 2.75) is 77.0 Å². The Morgan fingerprint density at radius 1 is 0.784 bits per heavy atom. The zero-order chi connectivity index (χ0) is 25.2. The van der Waals surface area contributed by atoms with Crippen LogP contribution in [0.1, 0.15) is 87.4 Å². The molecule has 3 heteroatoms. The second-order valence-electron chi connectivity index (χ2n) is 12.3. The molecule has 3 aromatic carbocycles. The molecule has 0 amide bonds. The fourth-order valence-electron chi connectivity index (χ4n) is 8.38. The van der Waals surface area contributed by atoms with Crippen molar-refractivity contribution < 1.29 is 14.6 Å². The Labute approximate surface area is 221 Å². The molecule has 0 unspecified atom stereocenters. The van der Waals surface area contributed by atoms with E-state index in [1.54, 1.807) is 6.07 Å². The molecule has 0 aromatic heterocycles. The Balaban J connectivity index is 0.991. The molecular formula is C34H40O3. The summed E-state index contributed by atoms with van der Waals surface area (Å²) >= 11 is 0. The van der Waals surface area contributed by atoms with Crippen molar-refractivity contribution in [3.8, 4) is 16.9 Å². The number of carboxylic acids is 1. The summed E-state index contributed by atoms with van der Waals surface area (Å²) in [7, 11) is 0.